The van der Waals surface area contributed by atoms with Crippen molar-refractivity contribution >= 4 is 27.8 Å². The molecule has 1 aliphatic rings. The standard InChI is InChI=1S/C16H20BrNO4/c17-13-4-6-14(7-5-13)22-11-15(19)18-9-1-2-12(10-18)3-8-16(20)21/h4-7,12H,1-3,8-11H2,(H,20,21). The third-order valence-electron chi connectivity index (χ3n) is 3.81. The predicted molar refractivity (Wildman–Crippen MR) is 85.8 cm³/mol. The molecule has 0 aliphatic carbocycles. The summed E-state index contributed by atoms with van der Waals surface area (Å²) in [6, 6.07) is 7.34. The first-order valence-corrected chi connectivity index (χ1v) is 8.22. The van der Waals surface area contributed by atoms with Crippen LogP contribution in [0, 0.1) is 5.92 Å². The van der Waals surface area contributed by atoms with Crippen molar-refractivity contribution in [3.63, 3.8) is 0 Å². The molecule has 1 amide bonds. The Morgan fingerprint density at radius 1 is 1.32 bits per heavy atom. The van der Waals surface area contributed by atoms with E-state index >= 15 is 0 Å². The average Bonchev–Trinajstić information content (AvgIpc) is 2.52. The number of carboxylic acids is 1. The van der Waals surface area contributed by atoms with Gasteiger partial charge in [-0.1, -0.05) is 15.9 Å². The molecule has 1 aliphatic heterocycles. The first kappa shape index (κ1) is 16.8. The van der Waals surface area contributed by atoms with Gasteiger partial charge in [-0.2, -0.15) is 0 Å². The quantitative estimate of drug-likeness (QED) is 0.836. The molecule has 0 saturated carbocycles. The summed E-state index contributed by atoms with van der Waals surface area (Å²) in [5.41, 5.74) is 0. The Bertz CT molecular complexity index is 517. The highest BCUT2D eigenvalue weighted by Crippen LogP contribution is 2.21. The number of carbonyl (C=O) groups is 2. The second-order valence-electron chi connectivity index (χ2n) is 5.52. The molecule has 6 heteroatoms. The van der Waals surface area contributed by atoms with Crippen LogP contribution in [0.1, 0.15) is 25.7 Å². The number of carbonyl (C=O) groups excluding carboxylic acids is 1. The van der Waals surface area contributed by atoms with Crippen molar-refractivity contribution in [3.8, 4) is 5.75 Å². The van der Waals surface area contributed by atoms with Crippen LogP contribution in [0.25, 0.3) is 0 Å². The second-order valence-corrected chi connectivity index (χ2v) is 6.44. The number of hydrogen-bond acceptors (Lipinski definition) is 3. The smallest absolute Gasteiger partial charge is 0.303 e. The highest BCUT2D eigenvalue weighted by molar-refractivity contribution is 9.10. The van der Waals surface area contributed by atoms with Crippen molar-refractivity contribution in [1.29, 1.82) is 0 Å². The lowest BCUT2D eigenvalue weighted by Crippen LogP contribution is -2.42. The molecular formula is C16H20BrNO4. The normalized spacial score (nSPS) is 18.0. The molecule has 1 aromatic rings. The van der Waals surface area contributed by atoms with Crippen LogP contribution in [0.4, 0.5) is 0 Å². The lowest BCUT2D eigenvalue weighted by molar-refractivity contribution is -0.137. The van der Waals surface area contributed by atoms with Gasteiger partial charge >= 0.3 is 5.97 Å². The van der Waals surface area contributed by atoms with Gasteiger partial charge < -0.3 is 14.7 Å². The van der Waals surface area contributed by atoms with Gasteiger partial charge in [0.1, 0.15) is 5.75 Å². The van der Waals surface area contributed by atoms with E-state index in [4.69, 9.17) is 9.84 Å². The van der Waals surface area contributed by atoms with Crippen molar-refractivity contribution in [3.05, 3.63) is 28.7 Å². The number of aliphatic carboxylic acids is 1. The van der Waals surface area contributed by atoms with E-state index in [1.165, 1.54) is 0 Å². The van der Waals surface area contributed by atoms with E-state index in [9.17, 15) is 9.59 Å². The van der Waals surface area contributed by atoms with E-state index in [-0.39, 0.29) is 24.9 Å². The van der Waals surface area contributed by atoms with Crippen molar-refractivity contribution in [2.24, 2.45) is 5.92 Å². The number of benzene rings is 1. The summed E-state index contributed by atoms with van der Waals surface area (Å²) in [5, 5.41) is 8.75. The molecule has 0 aromatic heterocycles. The van der Waals surface area contributed by atoms with Crippen LogP contribution in [0.15, 0.2) is 28.7 Å². The van der Waals surface area contributed by atoms with Gasteiger partial charge in [-0.25, -0.2) is 0 Å². The molecule has 2 rings (SSSR count). The van der Waals surface area contributed by atoms with Crippen LogP contribution in [-0.2, 0) is 9.59 Å². The highest BCUT2D eigenvalue weighted by Gasteiger charge is 2.24. The fourth-order valence-corrected chi connectivity index (χ4v) is 2.89. The minimum absolute atomic E-state index is 0.0211. The Balaban J connectivity index is 1.78. The van der Waals surface area contributed by atoms with Crippen LogP contribution in [0.2, 0.25) is 0 Å². The summed E-state index contributed by atoms with van der Waals surface area (Å²) in [4.78, 5) is 24.6. The highest BCUT2D eigenvalue weighted by atomic mass is 79.9. The van der Waals surface area contributed by atoms with Crippen molar-refractivity contribution in [2.45, 2.75) is 25.7 Å². The van der Waals surface area contributed by atoms with Gasteiger partial charge in [-0.15, -0.1) is 0 Å². The van der Waals surface area contributed by atoms with E-state index in [0.717, 1.165) is 23.9 Å². The van der Waals surface area contributed by atoms with Gasteiger partial charge in [0.2, 0.25) is 0 Å². The SMILES string of the molecule is O=C(O)CCC1CCCN(C(=O)COc2ccc(Br)cc2)C1. The van der Waals surface area contributed by atoms with Crippen LogP contribution in [0.5, 0.6) is 5.75 Å². The summed E-state index contributed by atoms with van der Waals surface area (Å²) < 4.78 is 6.46. The van der Waals surface area contributed by atoms with Crippen molar-refractivity contribution < 1.29 is 19.4 Å². The maximum atomic E-state index is 12.2. The monoisotopic (exact) mass is 369 g/mol. The van der Waals surface area contributed by atoms with Gasteiger partial charge in [0.05, 0.1) is 0 Å². The summed E-state index contributed by atoms with van der Waals surface area (Å²) in [6.45, 7) is 1.38. The number of ether oxygens (including phenoxy) is 1. The van der Waals surface area contributed by atoms with Crippen LogP contribution in [-0.4, -0.2) is 41.6 Å². The average molecular weight is 370 g/mol. The number of nitrogens with zero attached hydrogens (tertiary/aromatic N) is 1. The summed E-state index contributed by atoms with van der Waals surface area (Å²) >= 11 is 3.35. The topological polar surface area (TPSA) is 66.8 Å². The van der Waals surface area contributed by atoms with E-state index in [2.05, 4.69) is 15.9 Å². The Morgan fingerprint density at radius 3 is 2.73 bits per heavy atom. The fourth-order valence-electron chi connectivity index (χ4n) is 2.62. The number of hydrogen-bond donors (Lipinski definition) is 1. The Labute approximate surface area is 138 Å². The maximum Gasteiger partial charge on any atom is 0.303 e. The third-order valence-corrected chi connectivity index (χ3v) is 4.34. The van der Waals surface area contributed by atoms with Crippen LogP contribution in [0.3, 0.4) is 0 Å². The Hall–Kier alpha value is -1.56. The molecule has 120 valence electrons. The predicted octanol–water partition coefficient (Wildman–Crippen LogP) is 2.93. The van der Waals surface area contributed by atoms with E-state index in [1.54, 1.807) is 4.90 Å². The van der Waals surface area contributed by atoms with Gasteiger partial charge in [0, 0.05) is 24.0 Å². The lowest BCUT2D eigenvalue weighted by Gasteiger charge is -2.32. The van der Waals surface area contributed by atoms with Crippen LogP contribution >= 0.6 is 15.9 Å². The van der Waals surface area contributed by atoms with Gasteiger partial charge in [0.15, 0.2) is 6.61 Å². The van der Waals surface area contributed by atoms with E-state index in [0.29, 0.717) is 18.7 Å². The number of piperidine rings is 1. The second kappa shape index (κ2) is 8.17. The summed E-state index contributed by atoms with van der Waals surface area (Å²) in [7, 11) is 0. The third kappa shape index (κ3) is 5.33. The fraction of sp³-hybridized carbons (Fsp3) is 0.500. The minimum Gasteiger partial charge on any atom is -0.484 e. The largest absolute Gasteiger partial charge is 0.484 e. The zero-order chi connectivity index (χ0) is 15.9. The number of rotatable bonds is 6. The van der Waals surface area contributed by atoms with Gasteiger partial charge in [0.25, 0.3) is 5.91 Å². The molecule has 1 atom stereocenters. The van der Waals surface area contributed by atoms with Crippen molar-refractivity contribution in [1.82, 2.24) is 4.90 Å². The number of halogens is 1. The lowest BCUT2D eigenvalue weighted by atomic mass is 9.93. The Morgan fingerprint density at radius 2 is 2.05 bits per heavy atom. The summed E-state index contributed by atoms with van der Waals surface area (Å²) in [6.07, 6.45) is 2.72. The molecule has 1 N–H and O–H groups in total. The number of amides is 1. The van der Waals surface area contributed by atoms with Gasteiger partial charge in [-0.3, -0.25) is 9.59 Å². The molecule has 0 bridgehead atoms. The van der Waals surface area contributed by atoms with Crippen molar-refractivity contribution in [2.75, 3.05) is 19.7 Å². The molecule has 0 radical (unpaired) electrons. The first-order chi connectivity index (χ1) is 10.5. The summed E-state index contributed by atoms with van der Waals surface area (Å²) in [5.74, 6) is 0.127. The molecular weight excluding hydrogens is 350 g/mol. The molecule has 1 fully saturated rings. The molecule has 22 heavy (non-hydrogen) atoms. The molecule has 1 unspecified atom stereocenters. The maximum absolute atomic E-state index is 12.2. The van der Waals surface area contributed by atoms with E-state index < -0.39 is 5.97 Å². The molecule has 5 nitrogen and oxygen atoms in total. The molecule has 1 aromatic carbocycles. The number of carboxylic acid groups (broad SMARTS) is 1. The zero-order valence-electron chi connectivity index (χ0n) is 12.3. The van der Waals surface area contributed by atoms with E-state index in [1.807, 2.05) is 24.3 Å². The number of likely N-dealkylation sites (tertiary alicyclic amines) is 1. The Kier molecular flexibility index (Phi) is 6.24. The zero-order valence-corrected chi connectivity index (χ0v) is 13.9. The minimum atomic E-state index is -0.776. The van der Waals surface area contributed by atoms with Gasteiger partial charge in [-0.05, 0) is 49.4 Å². The molecule has 0 spiro atoms. The first-order valence-electron chi connectivity index (χ1n) is 7.42. The van der Waals surface area contributed by atoms with Crippen LogP contribution < -0.4 is 4.74 Å². The molecule has 1 saturated heterocycles. The molecule has 1 heterocycles.